The van der Waals surface area contributed by atoms with Crippen molar-refractivity contribution in [1.82, 2.24) is 5.43 Å². The molecule has 8 heteroatoms. The molecule has 1 fully saturated rings. The molecule has 1 aliphatic carbocycles. The van der Waals surface area contributed by atoms with Gasteiger partial charge in [-0.3, -0.25) is 9.10 Å². The van der Waals surface area contributed by atoms with Gasteiger partial charge >= 0.3 is 0 Å². The Bertz CT molecular complexity index is 724. The molecule has 25 heavy (non-hydrogen) atoms. The second-order valence-corrected chi connectivity index (χ2v) is 8.14. The summed E-state index contributed by atoms with van der Waals surface area (Å²) in [5, 5.41) is 4.15. The van der Waals surface area contributed by atoms with Crippen LogP contribution < -0.4 is 9.73 Å². The zero-order valence-electron chi connectivity index (χ0n) is 14.4. The molecule has 0 saturated heterocycles. The monoisotopic (exact) mass is 369 g/mol. The predicted molar refractivity (Wildman–Crippen MR) is 96.5 cm³/mol. The van der Waals surface area contributed by atoms with Gasteiger partial charge in [0.05, 0.1) is 11.9 Å². The van der Waals surface area contributed by atoms with Gasteiger partial charge in [-0.1, -0.05) is 25.3 Å². The molecule has 0 unspecified atom stereocenters. The maximum atomic E-state index is 13.4. The lowest BCUT2D eigenvalue weighted by atomic mass is 9.99. The summed E-state index contributed by atoms with van der Waals surface area (Å²) in [7, 11) is -3.73. The highest BCUT2D eigenvalue weighted by atomic mass is 32.2. The molecule has 1 saturated carbocycles. The molecule has 1 amide bonds. The van der Waals surface area contributed by atoms with Crippen molar-refractivity contribution in [3.05, 3.63) is 30.1 Å². The summed E-state index contributed by atoms with van der Waals surface area (Å²) in [6, 6.07) is 5.13. The van der Waals surface area contributed by atoms with Gasteiger partial charge in [-0.15, -0.1) is 0 Å². The van der Waals surface area contributed by atoms with Gasteiger partial charge in [0.25, 0.3) is 5.91 Å². The molecule has 1 aromatic carbocycles. The van der Waals surface area contributed by atoms with Crippen LogP contribution in [0.15, 0.2) is 29.4 Å². The van der Waals surface area contributed by atoms with E-state index in [9.17, 15) is 17.6 Å². The highest BCUT2D eigenvalue weighted by molar-refractivity contribution is 7.92. The summed E-state index contributed by atoms with van der Waals surface area (Å²) >= 11 is 0. The summed E-state index contributed by atoms with van der Waals surface area (Å²) in [5.41, 5.74) is 3.48. The Kier molecular flexibility index (Phi) is 6.92. The molecule has 1 N–H and O–H groups in total. The third kappa shape index (κ3) is 6.45. The minimum Gasteiger partial charge on any atom is -0.271 e. The third-order valence-electron chi connectivity index (χ3n) is 4.05. The number of amides is 1. The quantitative estimate of drug-likeness (QED) is 0.811. The molecule has 0 aromatic heterocycles. The largest absolute Gasteiger partial charge is 0.271 e. The van der Waals surface area contributed by atoms with Gasteiger partial charge in [0, 0.05) is 5.71 Å². The van der Waals surface area contributed by atoms with Crippen LogP contribution >= 0.6 is 0 Å². The van der Waals surface area contributed by atoms with E-state index >= 15 is 0 Å². The fourth-order valence-corrected chi connectivity index (χ4v) is 3.61. The molecule has 2 rings (SSSR count). The fourth-order valence-electron chi connectivity index (χ4n) is 2.76. The molecular weight excluding hydrogens is 345 g/mol. The van der Waals surface area contributed by atoms with E-state index in [-0.39, 0.29) is 5.69 Å². The van der Waals surface area contributed by atoms with Crippen molar-refractivity contribution < 1.29 is 17.6 Å². The summed E-state index contributed by atoms with van der Waals surface area (Å²) in [6.07, 6.45) is 8.33. The molecule has 0 bridgehead atoms. The average molecular weight is 369 g/mol. The van der Waals surface area contributed by atoms with Crippen LogP contribution in [0.4, 0.5) is 10.1 Å². The minimum absolute atomic E-state index is 0.108. The van der Waals surface area contributed by atoms with Crippen LogP contribution in [0, 0.1) is 5.82 Å². The van der Waals surface area contributed by atoms with Crippen LogP contribution in [0.3, 0.4) is 0 Å². The maximum Gasteiger partial charge on any atom is 0.260 e. The normalized spacial score (nSPS) is 15.8. The van der Waals surface area contributed by atoms with Crippen molar-refractivity contribution in [1.29, 1.82) is 0 Å². The van der Waals surface area contributed by atoms with Crippen molar-refractivity contribution >= 4 is 27.3 Å². The first-order valence-corrected chi connectivity index (χ1v) is 10.3. The number of benzene rings is 1. The van der Waals surface area contributed by atoms with Gasteiger partial charge in [0.15, 0.2) is 0 Å². The lowest BCUT2D eigenvalue weighted by Gasteiger charge is -2.21. The Hall–Kier alpha value is -1.96. The van der Waals surface area contributed by atoms with Crippen LogP contribution in [0.1, 0.15) is 44.9 Å². The number of anilines is 1. The lowest BCUT2D eigenvalue weighted by molar-refractivity contribution is -0.119. The van der Waals surface area contributed by atoms with Gasteiger partial charge < -0.3 is 0 Å². The maximum absolute atomic E-state index is 13.4. The lowest BCUT2D eigenvalue weighted by Crippen LogP contribution is -2.39. The van der Waals surface area contributed by atoms with E-state index in [1.807, 2.05) is 0 Å². The van der Waals surface area contributed by atoms with Crippen LogP contribution in [-0.2, 0) is 14.8 Å². The Morgan fingerprint density at radius 2 is 1.84 bits per heavy atom. The second kappa shape index (κ2) is 8.94. The number of rotatable bonds is 5. The second-order valence-electron chi connectivity index (χ2n) is 6.23. The van der Waals surface area contributed by atoms with Crippen molar-refractivity contribution in [3.8, 4) is 0 Å². The summed E-state index contributed by atoms with van der Waals surface area (Å²) in [6.45, 7) is -0.445. The molecule has 6 nitrogen and oxygen atoms in total. The zero-order valence-corrected chi connectivity index (χ0v) is 15.2. The van der Waals surface area contributed by atoms with E-state index in [0.717, 1.165) is 60.9 Å². The number of sulfonamides is 1. The van der Waals surface area contributed by atoms with Gasteiger partial charge in [-0.25, -0.2) is 18.2 Å². The SMILES string of the molecule is CS(=O)(=O)N(CC(=O)NN=C1CCCCCCC1)c1cccc(F)c1. The summed E-state index contributed by atoms with van der Waals surface area (Å²) in [5.74, 6) is -1.12. The number of hydrogen-bond donors (Lipinski definition) is 1. The molecule has 1 aliphatic rings. The number of hydrazone groups is 1. The number of nitrogens with one attached hydrogen (secondary N) is 1. The van der Waals surface area contributed by atoms with Crippen LogP contribution in [0.2, 0.25) is 0 Å². The molecule has 0 radical (unpaired) electrons. The number of nitrogens with zero attached hydrogens (tertiary/aromatic N) is 2. The third-order valence-corrected chi connectivity index (χ3v) is 5.19. The van der Waals surface area contributed by atoms with E-state index in [4.69, 9.17) is 0 Å². The first kappa shape index (κ1) is 19.4. The predicted octanol–water partition coefficient (Wildman–Crippen LogP) is 2.81. The smallest absolute Gasteiger partial charge is 0.260 e. The molecule has 0 aliphatic heterocycles. The number of halogens is 1. The Morgan fingerprint density at radius 1 is 1.20 bits per heavy atom. The Labute approximate surface area is 148 Å². The van der Waals surface area contributed by atoms with Crippen molar-refractivity contribution in [2.75, 3.05) is 17.1 Å². The van der Waals surface area contributed by atoms with E-state index in [0.29, 0.717) is 0 Å². The van der Waals surface area contributed by atoms with E-state index < -0.39 is 28.3 Å². The summed E-state index contributed by atoms with van der Waals surface area (Å²) < 4.78 is 38.1. The number of hydrogen-bond acceptors (Lipinski definition) is 4. The summed E-state index contributed by atoms with van der Waals surface area (Å²) in [4.78, 5) is 12.1. The van der Waals surface area contributed by atoms with Gasteiger partial charge in [-0.2, -0.15) is 5.10 Å². The van der Waals surface area contributed by atoms with Crippen molar-refractivity contribution in [2.24, 2.45) is 5.10 Å². The first-order valence-electron chi connectivity index (χ1n) is 8.44. The van der Waals surface area contributed by atoms with Crippen LogP contribution in [0.25, 0.3) is 0 Å². The topological polar surface area (TPSA) is 78.8 Å². The molecule has 138 valence electrons. The molecule has 0 spiro atoms. The highest BCUT2D eigenvalue weighted by Crippen LogP contribution is 2.18. The fraction of sp³-hybridized carbons (Fsp3) is 0.529. The first-order chi connectivity index (χ1) is 11.9. The number of carbonyl (C=O) groups is 1. The molecule has 0 heterocycles. The Morgan fingerprint density at radius 3 is 2.44 bits per heavy atom. The van der Waals surface area contributed by atoms with Crippen molar-refractivity contribution in [3.63, 3.8) is 0 Å². The minimum atomic E-state index is -3.73. The molecule has 0 atom stereocenters. The standard InChI is InChI=1S/C17H24FN3O3S/c1-25(23,24)21(16-11-7-8-14(18)12-16)13-17(22)20-19-15-9-5-3-2-4-6-10-15/h7-8,11-12H,2-6,9-10,13H2,1H3,(H,20,22). The molecule has 1 aromatic rings. The van der Waals surface area contributed by atoms with Gasteiger partial charge in [-0.05, 0) is 43.9 Å². The van der Waals surface area contributed by atoms with Gasteiger partial charge in [0.2, 0.25) is 10.0 Å². The van der Waals surface area contributed by atoms with Crippen LogP contribution in [-0.4, -0.2) is 32.8 Å². The van der Waals surface area contributed by atoms with E-state index in [1.165, 1.54) is 24.6 Å². The van der Waals surface area contributed by atoms with E-state index in [1.54, 1.807) is 0 Å². The van der Waals surface area contributed by atoms with E-state index in [2.05, 4.69) is 10.5 Å². The highest BCUT2D eigenvalue weighted by Gasteiger charge is 2.21. The Balaban J connectivity index is 2.04. The average Bonchev–Trinajstić information content (AvgIpc) is 2.50. The van der Waals surface area contributed by atoms with Crippen molar-refractivity contribution in [2.45, 2.75) is 44.9 Å². The number of carbonyl (C=O) groups excluding carboxylic acids is 1. The zero-order chi connectivity index (χ0) is 18.3. The van der Waals surface area contributed by atoms with Crippen LogP contribution in [0.5, 0.6) is 0 Å². The molecular formula is C17H24FN3O3S. The van der Waals surface area contributed by atoms with Gasteiger partial charge in [0.1, 0.15) is 12.4 Å².